The molecular weight excluding hydrogens is 224 g/mol. The van der Waals surface area contributed by atoms with Crippen molar-refractivity contribution >= 4 is 11.9 Å². The molecule has 1 aromatic heterocycles. The van der Waals surface area contributed by atoms with Gasteiger partial charge in [-0.25, -0.2) is 14.5 Å². The molecule has 17 heavy (non-hydrogen) atoms. The van der Waals surface area contributed by atoms with Crippen LogP contribution in [0.3, 0.4) is 0 Å². The molecule has 1 fully saturated rings. The van der Waals surface area contributed by atoms with Crippen LogP contribution in [0.1, 0.15) is 23.5 Å². The zero-order valence-corrected chi connectivity index (χ0v) is 9.55. The number of methoxy groups -OCH3 is 1. The van der Waals surface area contributed by atoms with Gasteiger partial charge < -0.3 is 10.1 Å². The highest BCUT2D eigenvalue weighted by Gasteiger charge is 2.21. The lowest BCUT2D eigenvalue weighted by Gasteiger charge is -2.02. The molecule has 0 unspecified atom stereocenters. The van der Waals surface area contributed by atoms with Gasteiger partial charge >= 0.3 is 5.97 Å². The predicted octanol–water partition coefficient (Wildman–Crippen LogP) is -0.409. The summed E-state index contributed by atoms with van der Waals surface area (Å²) in [5, 5.41) is 6.64. The number of carbonyl (C=O) groups is 2. The maximum Gasteiger partial charge on any atom is 0.377 e. The first kappa shape index (κ1) is 11.6. The number of aromatic nitrogens is 3. The molecule has 0 bridgehead atoms. The monoisotopic (exact) mass is 238 g/mol. The molecule has 1 aromatic rings. The van der Waals surface area contributed by atoms with Crippen molar-refractivity contribution in [2.24, 2.45) is 5.92 Å². The summed E-state index contributed by atoms with van der Waals surface area (Å²) in [4.78, 5) is 26.3. The summed E-state index contributed by atoms with van der Waals surface area (Å²) in [5.41, 5.74) is 0. The third kappa shape index (κ3) is 3.27. The van der Waals surface area contributed by atoms with Crippen molar-refractivity contribution in [1.82, 2.24) is 20.1 Å². The Labute approximate surface area is 98.2 Å². The molecule has 1 aliphatic carbocycles. The van der Waals surface area contributed by atoms with Gasteiger partial charge in [0.1, 0.15) is 12.9 Å². The first-order chi connectivity index (χ1) is 8.19. The average molecular weight is 238 g/mol. The lowest BCUT2D eigenvalue weighted by Crippen LogP contribution is -2.29. The van der Waals surface area contributed by atoms with Crippen molar-refractivity contribution in [3.63, 3.8) is 0 Å². The molecule has 1 N–H and O–H groups in total. The summed E-state index contributed by atoms with van der Waals surface area (Å²) in [7, 11) is 1.26. The fourth-order valence-corrected chi connectivity index (χ4v) is 1.34. The van der Waals surface area contributed by atoms with E-state index < -0.39 is 5.97 Å². The topological polar surface area (TPSA) is 86.1 Å². The van der Waals surface area contributed by atoms with Gasteiger partial charge in [-0.15, -0.1) is 5.10 Å². The summed E-state index contributed by atoms with van der Waals surface area (Å²) in [6.07, 6.45) is 3.72. The fourth-order valence-electron chi connectivity index (χ4n) is 1.34. The van der Waals surface area contributed by atoms with Crippen LogP contribution in [0.15, 0.2) is 6.33 Å². The molecule has 1 heterocycles. The smallest absolute Gasteiger partial charge is 0.377 e. The molecule has 0 atom stereocenters. The summed E-state index contributed by atoms with van der Waals surface area (Å²) in [6, 6.07) is 0. The first-order valence-electron chi connectivity index (χ1n) is 5.43. The molecule has 0 saturated heterocycles. The van der Waals surface area contributed by atoms with Crippen LogP contribution in [0.4, 0.5) is 0 Å². The van der Waals surface area contributed by atoms with Gasteiger partial charge in [-0.3, -0.25) is 4.79 Å². The van der Waals surface area contributed by atoms with Crippen molar-refractivity contribution in [3.8, 4) is 0 Å². The highest BCUT2D eigenvalue weighted by atomic mass is 16.5. The molecule has 1 saturated carbocycles. The number of hydrogen-bond donors (Lipinski definition) is 1. The van der Waals surface area contributed by atoms with Crippen LogP contribution in [-0.2, 0) is 16.1 Å². The molecule has 0 aromatic carbocycles. The van der Waals surface area contributed by atoms with E-state index in [1.165, 1.54) is 31.0 Å². The highest BCUT2D eigenvalue weighted by Crippen LogP contribution is 2.27. The Morgan fingerprint density at radius 2 is 2.35 bits per heavy atom. The molecule has 2 rings (SSSR count). The summed E-state index contributed by atoms with van der Waals surface area (Å²) < 4.78 is 5.78. The van der Waals surface area contributed by atoms with E-state index in [-0.39, 0.29) is 18.3 Å². The van der Waals surface area contributed by atoms with Crippen LogP contribution >= 0.6 is 0 Å². The van der Waals surface area contributed by atoms with Crippen LogP contribution in [0, 0.1) is 5.92 Å². The van der Waals surface area contributed by atoms with Gasteiger partial charge in [-0.2, -0.15) is 0 Å². The van der Waals surface area contributed by atoms with Gasteiger partial charge in [0.15, 0.2) is 0 Å². The molecule has 92 valence electrons. The fraction of sp³-hybridized carbons (Fsp3) is 0.600. The van der Waals surface area contributed by atoms with Crippen molar-refractivity contribution in [3.05, 3.63) is 12.2 Å². The zero-order valence-electron chi connectivity index (χ0n) is 9.55. The summed E-state index contributed by atoms with van der Waals surface area (Å²) in [6.45, 7) is 0.786. The highest BCUT2D eigenvalue weighted by molar-refractivity contribution is 5.84. The molecule has 0 radical (unpaired) electrons. The molecule has 7 heteroatoms. The van der Waals surface area contributed by atoms with E-state index in [1.807, 2.05) is 0 Å². The van der Waals surface area contributed by atoms with Gasteiger partial charge in [0.25, 0.3) is 5.82 Å². The third-order valence-corrected chi connectivity index (χ3v) is 2.49. The molecule has 0 aliphatic heterocycles. The van der Waals surface area contributed by atoms with E-state index in [0.29, 0.717) is 5.92 Å². The Hall–Kier alpha value is -1.92. The largest absolute Gasteiger partial charge is 0.463 e. The van der Waals surface area contributed by atoms with Gasteiger partial charge in [-0.05, 0) is 18.8 Å². The van der Waals surface area contributed by atoms with Crippen LogP contribution in [-0.4, -0.2) is 40.3 Å². The van der Waals surface area contributed by atoms with E-state index in [9.17, 15) is 9.59 Å². The summed E-state index contributed by atoms with van der Waals surface area (Å²) >= 11 is 0. The van der Waals surface area contributed by atoms with Crippen LogP contribution in [0.5, 0.6) is 0 Å². The van der Waals surface area contributed by atoms with Gasteiger partial charge in [0, 0.05) is 6.54 Å². The Kier molecular flexibility index (Phi) is 3.36. The Morgan fingerprint density at radius 3 is 3.00 bits per heavy atom. The van der Waals surface area contributed by atoms with E-state index in [1.54, 1.807) is 0 Å². The minimum atomic E-state index is -0.609. The second-order valence-electron chi connectivity index (χ2n) is 4.00. The number of carbonyl (C=O) groups excluding carboxylic acids is 2. The van der Waals surface area contributed by atoms with Crippen LogP contribution in [0.25, 0.3) is 0 Å². The number of hydrogen-bond acceptors (Lipinski definition) is 5. The predicted molar refractivity (Wildman–Crippen MR) is 57.1 cm³/mol. The molecule has 1 aliphatic rings. The van der Waals surface area contributed by atoms with Crippen molar-refractivity contribution in [2.75, 3.05) is 13.7 Å². The third-order valence-electron chi connectivity index (χ3n) is 2.49. The minimum Gasteiger partial charge on any atom is -0.463 e. The van der Waals surface area contributed by atoms with E-state index in [0.717, 1.165) is 6.54 Å². The van der Waals surface area contributed by atoms with E-state index in [4.69, 9.17) is 0 Å². The molecule has 7 nitrogen and oxygen atoms in total. The second-order valence-corrected chi connectivity index (χ2v) is 4.00. The van der Waals surface area contributed by atoms with Crippen LogP contribution in [0.2, 0.25) is 0 Å². The van der Waals surface area contributed by atoms with Crippen molar-refractivity contribution < 1.29 is 14.3 Å². The SMILES string of the molecule is COC(=O)c1ncn(CC(=O)NCC2CC2)n1. The molecular formula is C10H14N4O3. The number of rotatable bonds is 5. The van der Waals surface area contributed by atoms with Gasteiger partial charge in [0.05, 0.1) is 7.11 Å². The lowest BCUT2D eigenvalue weighted by molar-refractivity contribution is -0.121. The Balaban J connectivity index is 1.82. The normalized spacial score (nSPS) is 14.4. The molecule has 0 spiro atoms. The standard InChI is InChI=1S/C10H14N4O3/c1-17-10(16)9-12-6-14(13-9)5-8(15)11-4-7-2-3-7/h6-7H,2-5H2,1H3,(H,11,15). The quantitative estimate of drug-likeness (QED) is 0.705. The maximum atomic E-state index is 11.5. The van der Waals surface area contributed by atoms with E-state index >= 15 is 0 Å². The van der Waals surface area contributed by atoms with Crippen molar-refractivity contribution in [1.29, 1.82) is 0 Å². The summed E-state index contributed by atoms with van der Waals surface area (Å²) in [5.74, 6) is -0.136. The zero-order chi connectivity index (χ0) is 12.3. The first-order valence-corrected chi connectivity index (χ1v) is 5.43. The number of ether oxygens (including phenoxy) is 1. The lowest BCUT2D eigenvalue weighted by atomic mass is 10.4. The number of nitrogens with zero attached hydrogens (tertiary/aromatic N) is 3. The second kappa shape index (κ2) is 4.94. The average Bonchev–Trinajstić information content (AvgIpc) is 3.05. The van der Waals surface area contributed by atoms with Crippen molar-refractivity contribution in [2.45, 2.75) is 19.4 Å². The number of esters is 1. The van der Waals surface area contributed by atoms with E-state index in [2.05, 4.69) is 20.1 Å². The van der Waals surface area contributed by atoms with Crippen LogP contribution < -0.4 is 5.32 Å². The number of nitrogens with one attached hydrogen (secondary N) is 1. The Morgan fingerprint density at radius 1 is 1.59 bits per heavy atom. The number of amides is 1. The molecule has 1 amide bonds. The van der Waals surface area contributed by atoms with Gasteiger partial charge in [0.2, 0.25) is 5.91 Å². The van der Waals surface area contributed by atoms with Gasteiger partial charge in [-0.1, -0.05) is 0 Å². The Bertz CT molecular complexity index is 425. The minimum absolute atomic E-state index is 0.0394. The maximum absolute atomic E-state index is 11.5.